The van der Waals surface area contributed by atoms with E-state index in [1.807, 2.05) is 29.4 Å². The summed E-state index contributed by atoms with van der Waals surface area (Å²) in [6.07, 6.45) is 18.1. The number of halogens is 2. The number of nitrogens with one attached hydrogen (secondary N) is 3. The number of fused-ring (bicyclic) bond motifs is 2. The zero-order valence-corrected chi connectivity index (χ0v) is 22.7. The maximum Gasteiger partial charge on any atom is 0.261 e. The molecule has 5 heterocycles. The van der Waals surface area contributed by atoms with Gasteiger partial charge in [-0.05, 0) is 58.5 Å². The minimum Gasteiger partial charge on any atom is -0.348 e. The second-order valence-corrected chi connectivity index (χ2v) is 11.0. The predicted molar refractivity (Wildman–Crippen MR) is 160 cm³/mol. The van der Waals surface area contributed by atoms with E-state index >= 15 is 0 Å². The summed E-state index contributed by atoms with van der Waals surface area (Å²) < 4.78 is 27.6. The van der Waals surface area contributed by atoms with Gasteiger partial charge in [0.2, 0.25) is 0 Å². The number of aromatic nitrogens is 4. The van der Waals surface area contributed by atoms with Crippen molar-refractivity contribution in [1.82, 2.24) is 25.1 Å². The van der Waals surface area contributed by atoms with E-state index in [-0.39, 0.29) is 18.9 Å². The topological polar surface area (TPSA) is 72.6 Å². The Morgan fingerprint density at radius 3 is 2.90 bits per heavy atom. The van der Waals surface area contributed by atoms with Crippen LogP contribution in [0.1, 0.15) is 30.0 Å². The van der Waals surface area contributed by atoms with Crippen LogP contribution in [0, 0.1) is 5.92 Å². The Bertz CT molecular complexity index is 1770. The molecule has 6 nitrogen and oxygen atoms in total. The summed E-state index contributed by atoms with van der Waals surface area (Å²) >= 11 is 0. The van der Waals surface area contributed by atoms with Crippen LogP contribution in [0.25, 0.3) is 33.4 Å². The van der Waals surface area contributed by atoms with Crippen molar-refractivity contribution in [3.05, 3.63) is 114 Å². The summed E-state index contributed by atoms with van der Waals surface area (Å²) in [5.74, 6) is -1.49. The molecule has 8 heteroatoms. The standard InChI is InChI=1S/C33H30F2N6/c1-21-6-7-22(19-41-13-10-33(34,35)20-41)15-25(14-21)23-8-9-29-28(16-23)31(40-39-29)30-17-27-26(24-4-2-11-36-18-24)5-3-12-37-32(27)38-30/h2-9,11-12,14-18,21,37-38H,10,13,19-20H2,1H3,(H,39,40)/t21-/m0/s1. The third-order valence-electron chi connectivity index (χ3n) is 7.87. The van der Waals surface area contributed by atoms with Crippen molar-refractivity contribution in [1.29, 1.82) is 0 Å². The SMILES string of the molecule is C[C@H]1C=CC(CN2CCC(F)(F)C2)=CC(c2ccc3[nH]nc(-c4cc5c([nH]4)NC=CC=C5c4cccnc4)c3c2)=C1. The molecule has 1 fully saturated rings. The van der Waals surface area contributed by atoms with Crippen molar-refractivity contribution in [3.63, 3.8) is 0 Å². The Kier molecular flexibility index (Phi) is 6.27. The molecule has 2 aliphatic heterocycles. The lowest BCUT2D eigenvalue weighted by atomic mass is 9.98. The van der Waals surface area contributed by atoms with Gasteiger partial charge in [0.25, 0.3) is 5.92 Å². The summed E-state index contributed by atoms with van der Waals surface area (Å²) in [6.45, 7) is 2.89. The van der Waals surface area contributed by atoms with Crippen molar-refractivity contribution in [2.45, 2.75) is 19.3 Å². The van der Waals surface area contributed by atoms with Crippen molar-refractivity contribution < 1.29 is 8.78 Å². The molecule has 3 N–H and O–H groups in total. The van der Waals surface area contributed by atoms with Crippen molar-refractivity contribution in [2.24, 2.45) is 5.92 Å². The smallest absolute Gasteiger partial charge is 0.261 e. The largest absolute Gasteiger partial charge is 0.348 e. The van der Waals surface area contributed by atoms with Crippen LogP contribution in [0.5, 0.6) is 0 Å². The van der Waals surface area contributed by atoms with Crippen LogP contribution in [0.3, 0.4) is 0 Å². The molecule has 4 aromatic rings. The van der Waals surface area contributed by atoms with Gasteiger partial charge in [0.15, 0.2) is 0 Å². The van der Waals surface area contributed by atoms with Crippen molar-refractivity contribution >= 4 is 27.9 Å². The minimum atomic E-state index is -2.60. The highest BCUT2D eigenvalue weighted by atomic mass is 19.3. The zero-order chi connectivity index (χ0) is 28.0. The van der Waals surface area contributed by atoms with Gasteiger partial charge in [0, 0.05) is 54.6 Å². The van der Waals surface area contributed by atoms with Gasteiger partial charge < -0.3 is 10.3 Å². The van der Waals surface area contributed by atoms with Crippen LogP contribution < -0.4 is 5.32 Å². The predicted octanol–water partition coefficient (Wildman–Crippen LogP) is 7.18. The van der Waals surface area contributed by atoms with Crippen LogP contribution >= 0.6 is 0 Å². The molecule has 1 aromatic carbocycles. The average molecular weight is 549 g/mol. The maximum absolute atomic E-state index is 13.8. The van der Waals surface area contributed by atoms with Crippen molar-refractivity contribution in [2.75, 3.05) is 25.0 Å². The Balaban J connectivity index is 1.24. The normalized spacial score (nSPS) is 20.2. The second kappa shape index (κ2) is 10.1. The number of pyridine rings is 1. The van der Waals surface area contributed by atoms with E-state index in [2.05, 4.69) is 93.1 Å². The van der Waals surface area contributed by atoms with Gasteiger partial charge in [0.05, 0.1) is 17.8 Å². The second-order valence-electron chi connectivity index (χ2n) is 11.0. The van der Waals surface area contributed by atoms with Gasteiger partial charge in [-0.2, -0.15) is 5.10 Å². The lowest BCUT2D eigenvalue weighted by Crippen LogP contribution is -2.26. The Labute approximate surface area is 236 Å². The molecule has 3 aliphatic rings. The van der Waals surface area contributed by atoms with Crippen LogP contribution in [0.4, 0.5) is 14.6 Å². The van der Waals surface area contributed by atoms with E-state index in [0.29, 0.717) is 13.1 Å². The number of alkyl halides is 2. The fourth-order valence-corrected chi connectivity index (χ4v) is 5.83. The molecule has 0 spiro atoms. The highest BCUT2D eigenvalue weighted by molar-refractivity contribution is 5.97. The Morgan fingerprint density at radius 2 is 2.07 bits per heavy atom. The van der Waals surface area contributed by atoms with E-state index in [4.69, 9.17) is 0 Å². The summed E-state index contributed by atoms with van der Waals surface area (Å²) in [7, 11) is 0. The van der Waals surface area contributed by atoms with Gasteiger partial charge in [-0.15, -0.1) is 0 Å². The highest BCUT2D eigenvalue weighted by Gasteiger charge is 2.38. The van der Waals surface area contributed by atoms with Crippen LogP contribution in [0.15, 0.2) is 97.0 Å². The number of hydrogen-bond donors (Lipinski definition) is 3. The van der Waals surface area contributed by atoms with Gasteiger partial charge >= 0.3 is 0 Å². The first-order valence-electron chi connectivity index (χ1n) is 13.9. The first-order valence-corrected chi connectivity index (χ1v) is 13.9. The third-order valence-corrected chi connectivity index (χ3v) is 7.87. The average Bonchev–Trinajstić information content (AvgIpc) is 3.59. The summed E-state index contributed by atoms with van der Waals surface area (Å²) in [6, 6.07) is 12.4. The molecule has 0 saturated carbocycles. The fraction of sp³-hybridized carbons (Fsp3) is 0.212. The Morgan fingerprint density at radius 1 is 1.15 bits per heavy atom. The number of anilines is 1. The molecule has 1 saturated heterocycles. The molecule has 1 atom stereocenters. The lowest BCUT2D eigenvalue weighted by molar-refractivity contribution is 0.0131. The lowest BCUT2D eigenvalue weighted by Gasteiger charge is -2.16. The molecule has 206 valence electrons. The minimum absolute atomic E-state index is 0.0729. The quantitative estimate of drug-likeness (QED) is 0.247. The number of benzene rings is 1. The summed E-state index contributed by atoms with van der Waals surface area (Å²) in [5, 5.41) is 12.2. The van der Waals surface area contributed by atoms with Gasteiger partial charge in [-0.25, -0.2) is 8.78 Å². The van der Waals surface area contributed by atoms with Gasteiger partial charge in [0.1, 0.15) is 11.5 Å². The van der Waals surface area contributed by atoms with E-state index < -0.39 is 5.92 Å². The molecule has 1 aliphatic carbocycles. The van der Waals surface area contributed by atoms with E-state index in [9.17, 15) is 8.78 Å². The van der Waals surface area contributed by atoms with E-state index in [0.717, 1.165) is 61.5 Å². The maximum atomic E-state index is 13.8. The number of allylic oxidation sites excluding steroid dienone is 6. The van der Waals surface area contributed by atoms with Gasteiger partial charge in [-0.1, -0.05) is 49.4 Å². The number of likely N-dealkylation sites (tertiary alicyclic amines) is 1. The number of nitrogens with zero attached hydrogens (tertiary/aromatic N) is 3. The summed E-state index contributed by atoms with van der Waals surface area (Å²) in [4.78, 5) is 9.67. The third kappa shape index (κ3) is 5.07. The van der Waals surface area contributed by atoms with Crippen molar-refractivity contribution in [3.8, 4) is 11.4 Å². The molecule has 0 amide bonds. The number of hydrogen-bond acceptors (Lipinski definition) is 4. The number of H-pyrrole nitrogens is 2. The first-order chi connectivity index (χ1) is 19.9. The molecule has 41 heavy (non-hydrogen) atoms. The van der Waals surface area contributed by atoms with Crippen LogP contribution in [-0.4, -0.2) is 50.6 Å². The molecule has 3 aromatic heterocycles. The first kappa shape index (κ1) is 25.4. The van der Waals surface area contributed by atoms with Gasteiger partial charge in [-0.3, -0.25) is 15.0 Å². The molecule has 7 rings (SSSR count). The molecule has 0 bridgehead atoms. The molecular formula is C33H30F2N6. The Hall–Kier alpha value is -4.56. The molecular weight excluding hydrogens is 518 g/mol. The number of rotatable bonds is 5. The van der Waals surface area contributed by atoms with Crippen LogP contribution in [-0.2, 0) is 0 Å². The van der Waals surface area contributed by atoms with Crippen LogP contribution in [0.2, 0.25) is 0 Å². The molecule has 0 unspecified atom stereocenters. The van der Waals surface area contributed by atoms with E-state index in [1.54, 1.807) is 6.20 Å². The number of aromatic amines is 2. The fourth-order valence-electron chi connectivity index (χ4n) is 5.83. The highest BCUT2D eigenvalue weighted by Crippen LogP contribution is 2.37. The zero-order valence-electron chi connectivity index (χ0n) is 22.7. The summed E-state index contributed by atoms with van der Waals surface area (Å²) in [5.41, 5.74) is 8.97. The van der Waals surface area contributed by atoms with E-state index in [1.165, 1.54) is 0 Å². The molecule has 0 radical (unpaired) electrons. The monoisotopic (exact) mass is 548 g/mol.